The SMILES string of the molecule is COC(=O)CC(NCCc1c(-c2ccc(C(=N)N)cc2)[nH]c2cc(C(=N)N)ccc12)C(=O)OC.Cl.Cl. The van der Waals surface area contributed by atoms with Gasteiger partial charge in [0.2, 0.25) is 0 Å². The van der Waals surface area contributed by atoms with Crippen molar-refractivity contribution in [2.45, 2.75) is 18.9 Å². The van der Waals surface area contributed by atoms with Crippen LogP contribution in [0.2, 0.25) is 0 Å². The monoisotopic (exact) mass is 536 g/mol. The average Bonchev–Trinajstić information content (AvgIpc) is 3.20. The molecule has 0 aliphatic rings. The van der Waals surface area contributed by atoms with Gasteiger partial charge in [0.25, 0.3) is 0 Å². The number of aromatic amines is 1. The molecule has 3 aromatic rings. The first-order valence-electron chi connectivity index (χ1n) is 10.6. The van der Waals surface area contributed by atoms with Crippen LogP contribution in [0.3, 0.4) is 0 Å². The Morgan fingerprint density at radius 1 is 0.972 bits per heavy atom. The topological polar surface area (TPSA) is 180 Å². The molecule has 0 fully saturated rings. The summed E-state index contributed by atoms with van der Waals surface area (Å²) in [4.78, 5) is 27.2. The molecular formula is C24H30Cl2N6O4. The van der Waals surface area contributed by atoms with E-state index in [1.807, 2.05) is 24.3 Å². The second-order valence-electron chi connectivity index (χ2n) is 7.70. The Kier molecular flexibility index (Phi) is 11.4. The van der Waals surface area contributed by atoms with Crippen LogP contribution >= 0.6 is 24.8 Å². The van der Waals surface area contributed by atoms with Crippen molar-refractivity contribution >= 4 is 59.3 Å². The van der Waals surface area contributed by atoms with Crippen LogP contribution in [-0.2, 0) is 25.5 Å². The van der Waals surface area contributed by atoms with Crippen LogP contribution in [0.1, 0.15) is 23.1 Å². The van der Waals surface area contributed by atoms with E-state index in [-0.39, 0.29) is 42.9 Å². The lowest BCUT2D eigenvalue weighted by Crippen LogP contribution is -2.40. The number of ether oxygens (including phenoxy) is 2. The van der Waals surface area contributed by atoms with E-state index >= 15 is 0 Å². The Bertz CT molecular complexity index is 1240. The number of fused-ring (bicyclic) bond motifs is 1. The zero-order valence-electron chi connectivity index (χ0n) is 19.8. The molecule has 12 heteroatoms. The summed E-state index contributed by atoms with van der Waals surface area (Å²) in [5, 5.41) is 19.4. The Balaban J connectivity index is 0.00000324. The number of carbonyl (C=O) groups excluding carboxylic acids is 2. The van der Waals surface area contributed by atoms with Gasteiger partial charge in [0.1, 0.15) is 17.7 Å². The number of nitrogen functional groups attached to an aromatic ring is 2. The highest BCUT2D eigenvalue weighted by atomic mass is 35.5. The Labute approximate surface area is 220 Å². The zero-order valence-corrected chi connectivity index (χ0v) is 21.5. The molecule has 2 aromatic carbocycles. The van der Waals surface area contributed by atoms with Gasteiger partial charge in [0.15, 0.2) is 0 Å². The van der Waals surface area contributed by atoms with Crippen LogP contribution in [0, 0.1) is 10.8 Å². The van der Waals surface area contributed by atoms with E-state index in [4.69, 9.17) is 27.0 Å². The molecule has 1 atom stereocenters. The maximum atomic E-state index is 12.1. The van der Waals surface area contributed by atoms with Gasteiger partial charge in [-0.15, -0.1) is 24.8 Å². The predicted molar refractivity (Wildman–Crippen MR) is 144 cm³/mol. The quantitative estimate of drug-likeness (QED) is 0.131. The van der Waals surface area contributed by atoms with Gasteiger partial charge in [0.05, 0.1) is 20.6 Å². The van der Waals surface area contributed by atoms with E-state index < -0.39 is 18.0 Å². The number of amidine groups is 2. The minimum atomic E-state index is -0.828. The fourth-order valence-electron chi connectivity index (χ4n) is 3.75. The number of nitrogens with one attached hydrogen (secondary N) is 4. The first-order valence-corrected chi connectivity index (χ1v) is 10.6. The summed E-state index contributed by atoms with van der Waals surface area (Å²) in [6, 6.07) is 12.0. The second-order valence-corrected chi connectivity index (χ2v) is 7.70. The first kappa shape index (κ1) is 30.4. The molecule has 0 radical (unpaired) electrons. The normalized spacial score (nSPS) is 11.1. The minimum absolute atomic E-state index is 0. The van der Waals surface area contributed by atoms with Crippen LogP contribution in [0.5, 0.6) is 0 Å². The third-order valence-electron chi connectivity index (χ3n) is 5.55. The van der Waals surface area contributed by atoms with E-state index in [0.29, 0.717) is 24.1 Å². The fourth-order valence-corrected chi connectivity index (χ4v) is 3.75. The molecule has 1 heterocycles. The molecule has 1 aromatic heterocycles. The number of hydrogen-bond donors (Lipinski definition) is 6. The van der Waals surface area contributed by atoms with Crippen LogP contribution in [0.25, 0.3) is 22.2 Å². The van der Waals surface area contributed by atoms with Crippen LogP contribution in [-0.4, -0.2) is 55.4 Å². The summed E-state index contributed by atoms with van der Waals surface area (Å²) < 4.78 is 9.48. The number of esters is 2. The van der Waals surface area contributed by atoms with Crippen LogP contribution in [0.15, 0.2) is 42.5 Å². The average molecular weight is 537 g/mol. The molecule has 8 N–H and O–H groups in total. The second kappa shape index (κ2) is 13.5. The number of aromatic nitrogens is 1. The van der Waals surface area contributed by atoms with Crippen molar-refractivity contribution in [2.24, 2.45) is 11.5 Å². The lowest BCUT2D eigenvalue weighted by molar-refractivity contribution is -0.149. The fraction of sp³-hybridized carbons (Fsp3) is 0.250. The maximum absolute atomic E-state index is 12.1. The molecule has 0 saturated carbocycles. The smallest absolute Gasteiger partial charge is 0.323 e. The zero-order chi connectivity index (χ0) is 24.8. The molecule has 10 nitrogen and oxygen atoms in total. The van der Waals surface area contributed by atoms with Gasteiger partial charge in [-0.3, -0.25) is 20.4 Å². The highest BCUT2D eigenvalue weighted by Gasteiger charge is 2.23. The van der Waals surface area contributed by atoms with Gasteiger partial charge >= 0.3 is 11.9 Å². The molecule has 0 aliphatic carbocycles. The molecule has 0 saturated heterocycles. The van der Waals surface area contributed by atoms with Gasteiger partial charge in [-0.2, -0.15) is 0 Å². The number of benzene rings is 2. The third kappa shape index (κ3) is 6.97. The van der Waals surface area contributed by atoms with Gasteiger partial charge in [0, 0.05) is 34.3 Å². The number of H-pyrrole nitrogens is 1. The van der Waals surface area contributed by atoms with Crippen molar-refractivity contribution in [2.75, 3.05) is 20.8 Å². The van der Waals surface area contributed by atoms with E-state index in [1.165, 1.54) is 14.2 Å². The summed E-state index contributed by atoms with van der Waals surface area (Å²) in [5.41, 5.74) is 16.0. The molecule has 194 valence electrons. The summed E-state index contributed by atoms with van der Waals surface area (Å²) in [6.07, 6.45) is 0.385. The number of nitrogens with two attached hydrogens (primary N) is 2. The number of halogens is 2. The van der Waals surface area contributed by atoms with Crippen LogP contribution in [0.4, 0.5) is 0 Å². The maximum Gasteiger partial charge on any atom is 0.323 e. The summed E-state index contributed by atoms with van der Waals surface area (Å²) in [7, 11) is 2.53. The van der Waals surface area contributed by atoms with E-state index in [9.17, 15) is 9.59 Å². The minimum Gasteiger partial charge on any atom is -0.469 e. The summed E-state index contributed by atoms with van der Waals surface area (Å²) in [6.45, 7) is 0.386. The number of hydrogen-bond acceptors (Lipinski definition) is 7. The first-order chi connectivity index (χ1) is 16.2. The molecule has 0 spiro atoms. The molecule has 3 rings (SSSR count). The van der Waals surface area contributed by atoms with Gasteiger partial charge in [-0.25, -0.2) is 0 Å². The highest BCUT2D eigenvalue weighted by Crippen LogP contribution is 2.31. The number of methoxy groups -OCH3 is 2. The molecule has 0 bridgehead atoms. The molecule has 0 amide bonds. The Hall–Kier alpha value is -3.60. The van der Waals surface area contributed by atoms with E-state index in [1.54, 1.807) is 18.2 Å². The Morgan fingerprint density at radius 3 is 2.14 bits per heavy atom. The van der Waals surface area contributed by atoms with Gasteiger partial charge < -0.3 is 31.2 Å². The molecular weight excluding hydrogens is 507 g/mol. The van der Waals surface area contributed by atoms with E-state index in [0.717, 1.165) is 27.7 Å². The molecule has 36 heavy (non-hydrogen) atoms. The van der Waals surface area contributed by atoms with Crippen molar-refractivity contribution < 1.29 is 19.1 Å². The predicted octanol–water partition coefficient (Wildman–Crippen LogP) is 2.48. The molecule has 0 aliphatic heterocycles. The molecule has 1 unspecified atom stereocenters. The Morgan fingerprint density at radius 2 is 1.58 bits per heavy atom. The highest BCUT2D eigenvalue weighted by molar-refractivity contribution is 6.01. The standard InChI is InChI=1S/C24H28N6O4.2ClH/c1-33-20(31)12-19(24(32)34-2)29-10-9-17-16-8-7-15(23(27)28)11-18(16)30-21(17)13-3-5-14(6-4-13)22(25)26;;/h3-8,11,19,29-30H,9-10,12H2,1-2H3,(H3,25,26)(H3,27,28);2*1H. The van der Waals surface area contributed by atoms with Gasteiger partial charge in [-0.1, -0.05) is 36.4 Å². The lowest BCUT2D eigenvalue weighted by Gasteiger charge is -2.15. The van der Waals surface area contributed by atoms with Crippen molar-refractivity contribution in [3.05, 3.63) is 59.2 Å². The van der Waals surface area contributed by atoms with Crippen LogP contribution < -0.4 is 16.8 Å². The summed E-state index contributed by atoms with van der Waals surface area (Å²) >= 11 is 0. The van der Waals surface area contributed by atoms with E-state index in [2.05, 4.69) is 15.0 Å². The van der Waals surface area contributed by atoms with Gasteiger partial charge in [-0.05, 0) is 23.6 Å². The van der Waals surface area contributed by atoms with Crippen molar-refractivity contribution in [1.82, 2.24) is 10.3 Å². The number of rotatable bonds is 10. The van der Waals surface area contributed by atoms with Crippen molar-refractivity contribution in [1.29, 1.82) is 10.8 Å². The summed E-state index contributed by atoms with van der Waals surface area (Å²) in [5.74, 6) is -1.11. The van der Waals surface area contributed by atoms with Crippen molar-refractivity contribution in [3.8, 4) is 11.3 Å². The van der Waals surface area contributed by atoms with Crippen molar-refractivity contribution in [3.63, 3.8) is 0 Å². The lowest BCUT2D eigenvalue weighted by atomic mass is 10.0. The third-order valence-corrected chi connectivity index (χ3v) is 5.55. The largest absolute Gasteiger partial charge is 0.469 e. The number of carbonyl (C=O) groups is 2.